The van der Waals surface area contributed by atoms with Gasteiger partial charge in [-0.3, -0.25) is 9.67 Å². The van der Waals surface area contributed by atoms with Gasteiger partial charge < -0.3 is 5.73 Å². The second kappa shape index (κ2) is 4.09. The Bertz CT molecular complexity index is 713. The number of benzene rings is 1. The fourth-order valence-corrected chi connectivity index (χ4v) is 2.27. The zero-order valence-electron chi connectivity index (χ0n) is 10.6. The lowest BCUT2D eigenvalue weighted by molar-refractivity contribution is -0.137. The second-order valence-electron chi connectivity index (χ2n) is 4.63. The molecular weight excluding hydrogens is 269 g/mol. The lowest BCUT2D eigenvalue weighted by Crippen LogP contribution is -2.07. The SMILES string of the molecule is Cn1ncc(-c2cc(C(F)(F)F)cc3c2C=NC3)c1N. The van der Waals surface area contributed by atoms with Gasteiger partial charge >= 0.3 is 6.18 Å². The van der Waals surface area contributed by atoms with Gasteiger partial charge in [0.2, 0.25) is 0 Å². The first-order valence-electron chi connectivity index (χ1n) is 5.89. The third-order valence-corrected chi connectivity index (χ3v) is 3.35. The minimum Gasteiger partial charge on any atom is -0.383 e. The van der Waals surface area contributed by atoms with Crippen molar-refractivity contribution in [3.8, 4) is 11.1 Å². The van der Waals surface area contributed by atoms with E-state index in [1.54, 1.807) is 13.3 Å². The standard InChI is InChI=1S/C13H11F3N4/c1-20-12(17)11(6-19-20)9-3-8(13(14,15)16)2-7-4-18-5-10(7)9/h2-3,5-6H,4,17H2,1H3. The molecule has 2 aromatic rings. The molecule has 104 valence electrons. The smallest absolute Gasteiger partial charge is 0.383 e. The van der Waals surface area contributed by atoms with Gasteiger partial charge in [0.05, 0.1) is 18.3 Å². The summed E-state index contributed by atoms with van der Waals surface area (Å²) in [7, 11) is 1.64. The fourth-order valence-electron chi connectivity index (χ4n) is 2.27. The zero-order chi connectivity index (χ0) is 14.5. The van der Waals surface area contributed by atoms with Crippen LogP contribution in [-0.4, -0.2) is 16.0 Å². The van der Waals surface area contributed by atoms with Gasteiger partial charge in [0.15, 0.2) is 0 Å². The molecule has 0 saturated carbocycles. The molecule has 2 N–H and O–H groups in total. The highest BCUT2D eigenvalue weighted by Gasteiger charge is 2.33. The van der Waals surface area contributed by atoms with Crippen LogP contribution in [0.3, 0.4) is 0 Å². The fraction of sp³-hybridized carbons (Fsp3) is 0.231. The number of nitrogens with zero attached hydrogens (tertiary/aromatic N) is 3. The molecule has 0 saturated heterocycles. The van der Waals surface area contributed by atoms with E-state index in [9.17, 15) is 13.2 Å². The Kier molecular flexibility index (Phi) is 2.60. The van der Waals surface area contributed by atoms with E-state index in [-0.39, 0.29) is 6.54 Å². The third kappa shape index (κ3) is 1.86. The summed E-state index contributed by atoms with van der Waals surface area (Å²) in [5.74, 6) is 0.326. The van der Waals surface area contributed by atoms with Crippen LogP contribution in [0.5, 0.6) is 0 Å². The maximum atomic E-state index is 13.0. The van der Waals surface area contributed by atoms with Crippen LogP contribution < -0.4 is 5.73 Å². The van der Waals surface area contributed by atoms with Gasteiger partial charge in [0.25, 0.3) is 0 Å². The summed E-state index contributed by atoms with van der Waals surface area (Å²) >= 11 is 0. The van der Waals surface area contributed by atoms with E-state index in [1.807, 2.05) is 0 Å². The average molecular weight is 280 g/mol. The number of hydrogen-bond acceptors (Lipinski definition) is 3. The van der Waals surface area contributed by atoms with Gasteiger partial charge in [0.1, 0.15) is 5.82 Å². The number of fused-ring (bicyclic) bond motifs is 1. The Hall–Kier alpha value is -2.31. The molecule has 4 nitrogen and oxygen atoms in total. The van der Waals surface area contributed by atoms with E-state index < -0.39 is 11.7 Å². The third-order valence-electron chi connectivity index (χ3n) is 3.35. The van der Waals surface area contributed by atoms with Crippen LogP contribution in [0.25, 0.3) is 11.1 Å². The first-order valence-corrected chi connectivity index (χ1v) is 5.89. The lowest BCUT2D eigenvalue weighted by atomic mass is 9.95. The van der Waals surface area contributed by atoms with Crippen molar-refractivity contribution in [2.75, 3.05) is 5.73 Å². The summed E-state index contributed by atoms with van der Waals surface area (Å²) in [5.41, 5.74) is 7.31. The highest BCUT2D eigenvalue weighted by atomic mass is 19.4. The molecule has 20 heavy (non-hydrogen) atoms. The number of rotatable bonds is 1. The number of halogens is 3. The van der Waals surface area contributed by atoms with Crippen molar-refractivity contribution in [1.29, 1.82) is 0 Å². The van der Waals surface area contributed by atoms with Gasteiger partial charge in [-0.1, -0.05) is 0 Å². The highest BCUT2D eigenvalue weighted by molar-refractivity contribution is 5.96. The summed E-state index contributed by atoms with van der Waals surface area (Å²) in [6.45, 7) is 0.256. The van der Waals surface area contributed by atoms with Crippen molar-refractivity contribution in [3.63, 3.8) is 0 Å². The predicted molar refractivity (Wildman–Crippen MR) is 69.4 cm³/mol. The molecule has 0 spiro atoms. The molecule has 0 amide bonds. The van der Waals surface area contributed by atoms with Gasteiger partial charge in [0, 0.05) is 24.4 Å². The van der Waals surface area contributed by atoms with Crippen molar-refractivity contribution in [3.05, 3.63) is 35.0 Å². The molecular formula is C13H11F3N4. The molecule has 0 radical (unpaired) electrons. The molecule has 3 rings (SSSR count). The molecule has 1 aromatic heterocycles. The first kappa shape index (κ1) is 12.7. The van der Waals surface area contributed by atoms with Crippen LogP contribution in [-0.2, 0) is 19.8 Å². The Morgan fingerprint density at radius 2 is 2.00 bits per heavy atom. The van der Waals surface area contributed by atoms with E-state index in [0.29, 0.717) is 28.1 Å². The van der Waals surface area contributed by atoms with Crippen molar-refractivity contribution in [1.82, 2.24) is 9.78 Å². The van der Waals surface area contributed by atoms with E-state index >= 15 is 0 Å². The van der Waals surface area contributed by atoms with Crippen molar-refractivity contribution >= 4 is 12.0 Å². The van der Waals surface area contributed by atoms with Crippen LogP contribution in [0.1, 0.15) is 16.7 Å². The van der Waals surface area contributed by atoms with Crippen molar-refractivity contribution < 1.29 is 13.2 Å². The molecule has 0 unspecified atom stereocenters. The normalized spacial score (nSPS) is 13.8. The van der Waals surface area contributed by atoms with E-state index in [4.69, 9.17) is 5.73 Å². The number of aryl methyl sites for hydroxylation is 1. The molecule has 0 bridgehead atoms. The lowest BCUT2D eigenvalue weighted by Gasteiger charge is -2.13. The van der Waals surface area contributed by atoms with Gasteiger partial charge in [-0.05, 0) is 23.3 Å². The van der Waals surface area contributed by atoms with E-state index in [2.05, 4.69) is 10.1 Å². The number of alkyl halides is 3. The second-order valence-corrected chi connectivity index (χ2v) is 4.63. The predicted octanol–water partition coefficient (Wildman–Crippen LogP) is 2.62. The number of nitrogen functional groups attached to an aromatic ring is 1. The molecule has 0 atom stereocenters. The maximum absolute atomic E-state index is 13.0. The molecule has 1 aromatic carbocycles. The van der Waals surface area contributed by atoms with Crippen LogP contribution in [0, 0.1) is 0 Å². The number of anilines is 1. The Balaban J connectivity index is 2.27. The van der Waals surface area contributed by atoms with Gasteiger partial charge in [-0.15, -0.1) is 0 Å². The molecule has 1 aliphatic rings. The minimum atomic E-state index is -4.40. The van der Waals surface area contributed by atoms with Gasteiger partial charge in [-0.2, -0.15) is 18.3 Å². The van der Waals surface area contributed by atoms with Crippen LogP contribution in [0.4, 0.5) is 19.0 Å². The van der Waals surface area contributed by atoms with Crippen LogP contribution in [0.2, 0.25) is 0 Å². The Morgan fingerprint density at radius 1 is 1.25 bits per heavy atom. The summed E-state index contributed by atoms with van der Waals surface area (Å²) in [6.07, 6.45) is -1.35. The summed E-state index contributed by atoms with van der Waals surface area (Å²) in [6, 6.07) is 2.24. The zero-order valence-corrected chi connectivity index (χ0v) is 10.6. The number of aromatic nitrogens is 2. The molecule has 0 fully saturated rings. The number of hydrogen-bond donors (Lipinski definition) is 1. The van der Waals surface area contributed by atoms with E-state index in [0.717, 1.165) is 12.1 Å². The summed E-state index contributed by atoms with van der Waals surface area (Å²) in [5, 5.41) is 3.98. The van der Waals surface area contributed by atoms with Crippen molar-refractivity contribution in [2.45, 2.75) is 12.7 Å². The Labute approximate surface area is 112 Å². The molecule has 0 aliphatic carbocycles. The van der Waals surface area contributed by atoms with Crippen molar-refractivity contribution in [2.24, 2.45) is 12.0 Å². The molecule has 7 heteroatoms. The van der Waals surface area contributed by atoms with E-state index in [1.165, 1.54) is 10.9 Å². The molecule has 2 heterocycles. The Morgan fingerprint density at radius 3 is 2.60 bits per heavy atom. The summed E-state index contributed by atoms with van der Waals surface area (Å²) < 4.78 is 40.3. The number of nitrogens with two attached hydrogens (primary N) is 1. The number of aliphatic imine (C=N–C) groups is 1. The van der Waals surface area contributed by atoms with Crippen LogP contribution in [0.15, 0.2) is 23.3 Å². The largest absolute Gasteiger partial charge is 0.416 e. The average Bonchev–Trinajstić information content (AvgIpc) is 2.96. The molecule has 1 aliphatic heterocycles. The minimum absolute atomic E-state index is 0.256. The topological polar surface area (TPSA) is 56.2 Å². The van der Waals surface area contributed by atoms with Gasteiger partial charge in [-0.25, -0.2) is 0 Å². The van der Waals surface area contributed by atoms with Crippen LogP contribution >= 0.6 is 0 Å². The maximum Gasteiger partial charge on any atom is 0.416 e. The first-order chi connectivity index (χ1) is 9.38. The monoisotopic (exact) mass is 280 g/mol. The highest BCUT2D eigenvalue weighted by Crippen LogP contribution is 2.38. The quantitative estimate of drug-likeness (QED) is 0.873. The summed E-state index contributed by atoms with van der Waals surface area (Å²) in [4.78, 5) is 4.04.